The van der Waals surface area contributed by atoms with Crippen LogP contribution in [0, 0.1) is 5.92 Å². The molecule has 4 heteroatoms. The molecule has 0 saturated heterocycles. The lowest BCUT2D eigenvalue weighted by molar-refractivity contribution is -0.133. The Balaban J connectivity index is 2.08. The maximum atomic E-state index is 12.5. The molecule has 0 aromatic heterocycles. The van der Waals surface area contributed by atoms with Crippen molar-refractivity contribution in [3.63, 3.8) is 0 Å². The van der Waals surface area contributed by atoms with Crippen molar-refractivity contribution in [1.82, 2.24) is 4.90 Å². The largest absolute Gasteiger partial charge is 0.508 e. The second-order valence-corrected chi connectivity index (χ2v) is 5.48. The Bertz CT molecular complexity index is 462. The number of hydrogen-bond donors (Lipinski definition) is 2. The molecule has 1 aliphatic rings. The predicted molar refractivity (Wildman–Crippen MR) is 79.4 cm³/mol. The summed E-state index contributed by atoms with van der Waals surface area (Å²) >= 11 is 0. The highest BCUT2D eigenvalue weighted by Crippen LogP contribution is 2.30. The standard InChI is InChI=1S/C16H24N2O2/c1-2-18(14-8-5-7-13(14)11-17)16(20)10-12-6-3-4-9-15(12)19/h3-4,6,9,13-14,19H,2,5,7-8,10-11,17H2,1H3. The summed E-state index contributed by atoms with van der Waals surface area (Å²) in [4.78, 5) is 14.5. The van der Waals surface area contributed by atoms with Gasteiger partial charge in [0.1, 0.15) is 5.75 Å². The van der Waals surface area contributed by atoms with Crippen molar-refractivity contribution in [2.45, 2.75) is 38.6 Å². The van der Waals surface area contributed by atoms with Crippen molar-refractivity contribution < 1.29 is 9.90 Å². The van der Waals surface area contributed by atoms with Gasteiger partial charge in [0.2, 0.25) is 5.91 Å². The Labute approximate surface area is 120 Å². The van der Waals surface area contributed by atoms with Gasteiger partial charge in [0.15, 0.2) is 0 Å². The van der Waals surface area contributed by atoms with Gasteiger partial charge in [-0.3, -0.25) is 4.79 Å². The number of amides is 1. The summed E-state index contributed by atoms with van der Waals surface area (Å²) in [5.74, 6) is 0.696. The van der Waals surface area contributed by atoms with E-state index in [4.69, 9.17) is 5.73 Å². The van der Waals surface area contributed by atoms with Gasteiger partial charge in [-0.1, -0.05) is 24.6 Å². The number of para-hydroxylation sites is 1. The topological polar surface area (TPSA) is 66.6 Å². The molecule has 20 heavy (non-hydrogen) atoms. The minimum atomic E-state index is 0.0827. The highest BCUT2D eigenvalue weighted by atomic mass is 16.3. The minimum Gasteiger partial charge on any atom is -0.508 e. The molecule has 1 amide bonds. The number of likely N-dealkylation sites (N-methyl/N-ethyl adjacent to an activating group) is 1. The monoisotopic (exact) mass is 276 g/mol. The zero-order chi connectivity index (χ0) is 14.5. The van der Waals surface area contributed by atoms with Gasteiger partial charge in [-0.25, -0.2) is 0 Å². The summed E-state index contributed by atoms with van der Waals surface area (Å²) in [6.07, 6.45) is 3.56. The van der Waals surface area contributed by atoms with Crippen LogP contribution in [-0.2, 0) is 11.2 Å². The Morgan fingerprint density at radius 1 is 1.40 bits per heavy atom. The predicted octanol–water partition coefficient (Wildman–Crippen LogP) is 1.91. The molecular formula is C16H24N2O2. The molecule has 1 fully saturated rings. The molecule has 1 aromatic carbocycles. The van der Waals surface area contributed by atoms with Crippen LogP contribution in [0.4, 0.5) is 0 Å². The summed E-state index contributed by atoms with van der Waals surface area (Å²) in [6.45, 7) is 3.35. The third-order valence-electron chi connectivity index (χ3n) is 4.32. The molecule has 4 nitrogen and oxygen atoms in total. The van der Waals surface area contributed by atoms with Gasteiger partial charge in [0.25, 0.3) is 0 Å². The van der Waals surface area contributed by atoms with Crippen LogP contribution >= 0.6 is 0 Å². The lowest BCUT2D eigenvalue weighted by atomic mass is 10.0. The maximum Gasteiger partial charge on any atom is 0.227 e. The third-order valence-corrected chi connectivity index (χ3v) is 4.32. The van der Waals surface area contributed by atoms with Crippen molar-refractivity contribution >= 4 is 5.91 Å². The quantitative estimate of drug-likeness (QED) is 0.863. The number of carbonyl (C=O) groups is 1. The number of rotatable bonds is 5. The molecule has 0 aliphatic heterocycles. The summed E-state index contributed by atoms with van der Waals surface area (Å²) in [7, 11) is 0. The van der Waals surface area contributed by atoms with Crippen LogP contribution in [0.5, 0.6) is 5.75 Å². The lowest BCUT2D eigenvalue weighted by Crippen LogP contribution is -2.44. The third kappa shape index (κ3) is 3.12. The molecule has 110 valence electrons. The number of hydrogen-bond acceptors (Lipinski definition) is 3. The van der Waals surface area contributed by atoms with Crippen LogP contribution < -0.4 is 5.73 Å². The molecule has 0 radical (unpaired) electrons. The second kappa shape index (κ2) is 6.75. The number of aromatic hydroxyl groups is 1. The molecule has 1 aliphatic carbocycles. The Morgan fingerprint density at radius 3 is 2.80 bits per heavy atom. The molecule has 1 aromatic rings. The van der Waals surface area contributed by atoms with Crippen LogP contribution in [0.15, 0.2) is 24.3 Å². The smallest absolute Gasteiger partial charge is 0.227 e. The summed E-state index contributed by atoms with van der Waals surface area (Å²) in [5, 5.41) is 9.79. The number of nitrogens with zero attached hydrogens (tertiary/aromatic N) is 1. The minimum absolute atomic E-state index is 0.0827. The fraction of sp³-hybridized carbons (Fsp3) is 0.562. The number of phenolic OH excluding ortho intramolecular Hbond substituents is 1. The fourth-order valence-electron chi connectivity index (χ4n) is 3.22. The van der Waals surface area contributed by atoms with Gasteiger partial charge in [-0.2, -0.15) is 0 Å². The first-order chi connectivity index (χ1) is 9.67. The molecule has 2 rings (SSSR count). The first-order valence-electron chi connectivity index (χ1n) is 7.43. The normalized spacial score (nSPS) is 21.9. The van der Waals surface area contributed by atoms with Crippen molar-refractivity contribution in [2.24, 2.45) is 11.7 Å². The first kappa shape index (κ1) is 14.9. The molecule has 2 unspecified atom stereocenters. The van der Waals surface area contributed by atoms with E-state index in [1.165, 1.54) is 0 Å². The van der Waals surface area contributed by atoms with Crippen molar-refractivity contribution in [1.29, 1.82) is 0 Å². The molecular weight excluding hydrogens is 252 g/mol. The zero-order valence-corrected chi connectivity index (χ0v) is 12.1. The summed E-state index contributed by atoms with van der Waals surface area (Å²) < 4.78 is 0. The highest BCUT2D eigenvalue weighted by Gasteiger charge is 2.33. The average molecular weight is 276 g/mol. The van der Waals surface area contributed by atoms with Gasteiger partial charge >= 0.3 is 0 Å². The number of phenols is 1. The SMILES string of the molecule is CCN(C(=O)Cc1ccccc1O)C1CCCC1CN. The van der Waals surface area contributed by atoms with Gasteiger partial charge < -0.3 is 15.7 Å². The fourth-order valence-corrected chi connectivity index (χ4v) is 3.22. The van der Waals surface area contributed by atoms with E-state index < -0.39 is 0 Å². The van der Waals surface area contributed by atoms with Crippen LogP contribution in [0.2, 0.25) is 0 Å². The van der Waals surface area contributed by atoms with E-state index >= 15 is 0 Å². The van der Waals surface area contributed by atoms with Crippen LogP contribution in [0.1, 0.15) is 31.7 Å². The highest BCUT2D eigenvalue weighted by molar-refractivity contribution is 5.79. The summed E-state index contributed by atoms with van der Waals surface area (Å²) in [6, 6.07) is 7.30. The van der Waals surface area contributed by atoms with E-state index in [9.17, 15) is 9.90 Å². The van der Waals surface area contributed by atoms with Crippen molar-refractivity contribution in [3.05, 3.63) is 29.8 Å². The van der Waals surface area contributed by atoms with Gasteiger partial charge in [-0.05, 0) is 38.3 Å². The van der Waals surface area contributed by atoms with E-state index in [0.29, 0.717) is 24.6 Å². The lowest BCUT2D eigenvalue weighted by Gasteiger charge is -2.32. The number of carbonyl (C=O) groups excluding carboxylic acids is 1. The van der Waals surface area contributed by atoms with E-state index in [1.807, 2.05) is 17.9 Å². The van der Waals surface area contributed by atoms with Crippen LogP contribution in [0.25, 0.3) is 0 Å². The summed E-state index contributed by atoms with van der Waals surface area (Å²) in [5.41, 5.74) is 6.51. The van der Waals surface area contributed by atoms with E-state index in [-0.39, 0.29) is 24.1 Å². The van der Waals surface area contributed by atoms with Gasteiger partial charge in [0, 0.05) is 18.2 Å². The number of benzene rings is 1. The Kier molecular flexibility index (Phi) is 5.01. The van der Waals surface area contributed by atoms with E-state index in [2.05, 4.69) is 0 Å². The molecule has 3 N–H and O–H groups in total. The molecule has 0 spiro atoms. The van der Waals surface area contributed by atoms with E-state index in [1.54, 1.807) is 18.2 Å². The first-order valence-corrected chi connectivity index (χ1v) is 7.43. The Morgan fingerprint density at radius 2 is 2.15 bits per heavy atom. The molecule has 0 heterocycles. The molecule has 1 saturated carbocycles. The van der Waals surface area contributed by atoms with Crippen LogP contribution in [-0.4, -0.2) is 35.0 Å². The van der Waals surface area contributed by atoms with Crippen molar-refractivity contribution in [2.75, 3.05) is 13.1 Å². The second-order valence-electron chi connectivity index (χ2n) is 5.48. The van der Waals surface area contributed by atoms with Crippen LogP contribution in [0.3, 0.4) is 0 Å². The van der Waals surface area contributed by atoms with Gasteiger partial charge in [0.05, 0.1) is 6.42 Å². The molecule has 2 atom stereocenters. The molecule has 0 bridgehead atoms. The number of nitrogens with two attached hydrogens (primary N) is 1. The Hall–Kier alpha value is -1.55. The average Bonchev–Trinajstić information content (AvgIpc) is 2.90. The van der Waals surface area contributed by atoms with Gasteiger partial charge in [-0.15, -0.1) is 0 Å². The van der Waals surface area contributed by atoms with Crippen molar-refractivity contribution in [3.8, 4) is 5.75 Å². The maximum absolute atomic E-state index is 12.5. The van der Waals surface area contributed by atoms with E-state index in [0.717, 1.165) is 19.3 Å². The zero-order valence-electron chi connectivity index (χ0n) is 12.1.